The Labute approximate surface area is 142 Å². The van der Waals surface area contributed by atoms with Gasteiger partial charge in [0.05, 0.1) is 7.11 Å². The van der Waals surface area contributed by atoms with Gasteiger partial charge < -0.3 is 10.1 Å². The summed E-state index contributed by atoms with van der Waals surface area (Å²) in [6, 6.07) is 14.2. The van der Waals surface area contributed by atoms with Gasteiger partial charge in [0.15, 0.2) is 0 Å². The highest BCUT2D eigenvalue weighted by molar-refractivity contribution is 5.75. The number of methoxy groups -OCH3 is 1. The van der Waals surface area contributed by atoms with Crippen LogP contribution in [0.1, 0.15) is 43.2 Å². The lowest BCUT2D eigenvalue weighted by Gasteiger charge is -2.12. The minimum Gasteiger partial charge on any atom is -0.496 e. The summed E-state index contributed by atoms with van der Waals surface area (Å²) in [6.07, 6.45) is 2.19. The molecule has 3 nitrogen and oxygen atoms in total. The van der Waals surface area contributed by atoms with Gasteiger partial charge in [-0.3, -0.25) is 4.79 Å². The van der Waals surface area contributed by atoms with Crippen LogP contribution < -0.4 is 10.1 Å². The fourth-order valence-corrected chi connectivity index (χ4v) is 2.66. The Morgan fingerprint density at radius 3 is 2.58 bits per heavy atom. The highest BCUT2D eigenvalue weighted by Gasteiger charge is 2.08. The van der Waals surface area contributed by atoms with Crippen LogP contribution in [-0.2, 0) is 11.3 Å². The van der Waals surface area contributed by atoms with Crippen molar-refractivity contribution in [3.63, 3.8) is 0 Å². The molecular formula is C20H24FNO2. The summed E-state index contributed by atoms with van der Waals surface area (Å²) in [5.74, 6) is 0.907. The van der Waals surface area contributed by atoms with Gasteiger partial charge in [-0.15, -0.1) is 0 Å². The van der Waals surface area contributed by atoms with Crippen molar-refractivity contribution < 1.29 is 13.9 Å². The molecule has 2 aromatic rings. The maximum atomic E-state index is 12.9. The van der Waals surface area contributed by atoms with E-state index in [9.17, 15) is 9.18 Å². The van der Waals surface area contributed by atoms with E-state index in [1.165, 1.54) is 12.1 Å². The van der Waals surface area contributed by atoms with Crippen molar-refractivity contribution in [2.75, 3.05) is 7.11 Å². The predicted octanol–water partition coefficient (Wildman–Crippen LogP) is 4.42. The molecule has 4 heteroatoms. The molecule has 0 heterocycles. The number of carbonyl (C=O) groups is 1. The van der Waals surface area contributed by atoms with Gasteiger partial charge in [-0.1, -0.05) is 37.3 Å². The molecule has 2 rings (SSSR count). The fourth-order valence-electron chi connectivity index (χ4n) is 2.66. The van der Waals surface area contributed by atoms with Gasteiger partial charge in [-0.05, 0) is 42.5 Å². The molecule has 128 valence electrons. The van der Waals surface area contributed by atoms with Crippen molar-refractivity contribution in [2.45, 2.75) is 38.6 Å². The van der Waals surface area contributed by atoms with Crippen LogP contribution in [0.3, 0.4) is 0 Å². The van der Waals surface area contributed by atoms with Crippen molar-refractivity contribution in [1.29, 1.82) is 0 Å². The number of para-hydroxylation sites is 1. The van der Waals surface area contributed by atoms with Crippen LogP contribution >= 0.6 is 0 Å². The first kappa shape index (κ1) is 18.0. The van der Waals surface area contributed by atoms with Crippen LogP contribution in [-0.4, -0.2) is 13.0 Å². The second-order valence-corrected chi connectivity index (χ2v) is 5.93. The fraction of sp³-hybridized carbons (Fsp3) is 0.350. The van der Waals surface area contributed by atoms with Gasteiger partial charge in [0, 0.05) is 18.5 Å². The third kappa shape index (κ3) is 5.37. The Morgan fingerprint density at radius 1 is 1.17 bits per heavy atom. The average molecular weight is 329 g/mol. The zero-order valence-corrected chi connectivity index (χ0v) is 14.2. The minimum atomic E-state index is -0.221. The highest BCUT2D eigenvalue weighted by atomic mass is 19.1. The van der Waals surface area contributed by atoms with E-state index in [-0.39, 0.29) is 11.7 Å². The second kappa shape index (κ2) is 9.06. The lowest BCUT2D eigenvalue weighted by atomic mass is 9.95. The molecule has 0 saturated heterocycles. The van der Waals surface area contributed by atoms with Crippen molar-refractivity contribution in [1.82, 2.24) is 5.32 Å². The highest BCUT2D eigenvalue weighted by Crippen LogP contribution is 2.21. The number of carbonyl (C=O) groups excluding carboxylic acids is 1. The lowest BCUT2D eigenvalue weighted by Crippen LogP contribution is -2.22. The maximum absolute atomic E-state index is 12.9. The molecule has 0 bridgehead atoms. The summed E-state index contributed by atoms with van der Waals surface area (Å²) in [6.45, 7) is 2.57. The number of hydrogen-bond donors (Lipinski definition) is 1. The van der Waals surface area contributed by atoms with Gasteiger partial charge in [-0.25, -0.2) is 4.39 Å². The molecule has 0 radical (unpaired) electrons. The van der Waals surface area contributed by atoms with E-state index in [4.69, 9.17) is 4.74 Å². The number of benzene rings is 2. The first-order valence-corrected chi connectivity index (χ1v) is 8.24. The van der Waals surface area contributed by atoms with Crippen molar-refractivity contribution in [3.05, 3.63) is 65.5 Å². The number of rotatable bonds is 8. The van der Waals surface area contributed by atoms with Crippen LogP contribution in [0.5, 0.6) is 5.75 Å². The van der Waals surface area contributed by atoms with Crippen LogP contribution in [0.2, 0.25) is 0 Å². The zero-order valence-electron chi connectivity index (χ0n) is 14.2. The van der Waals surface area contributed by atoms with Gasteiger partial charge >= 0.3 is 0 Å². The van der Waals surface area contributed by atoms with Crippen LogP contribution in [0.4, 0.5) is 4.39 Å². The molecule has 0 aliphatic rings. The number of hydrogen-bond acceptors (Lipinski definition) is 2. The monoisotopic (exact) mass is 329 g/mol. The summed E-state index contributed by atoms with van der Waals surface area (Å²) in [7, 11) is 1.62. The Bertz CT molecular complexity index is 655. The minimum absolute atomic E-state index is 0.0345. The van der Waals surface area contributed by atoms with Crippen molar-refractivity contribution in [2.24, 2.45) is 0 Å². The Morgan fingerprint density at radius 2 is 1.88 bits per heavy atom. The van der Waals surface area contributed by atoms with Crippen molar-refractivity contribution in [3.8, 4) is 5.75 Å². The standard InChI is InChI=1S/C20H24FNO2/c1-15(16-10-12-18(21)13-11-16)6-5-9-20(23)22-14-17-7-3-4-8-19(17)24-2/h3-4,7-8,10-13,15H,5-6,9,14H2,1-2H3,(H,22,23). The quantitative estimate of drug-likeness (QED) is 0.778. The van der Waals surface area contributed by atoms with E-state index >= 15 is 0 Å². The number of ether oxygens (including phenoxy) is 1. The molecule has 1 atom stereocenters. The summed E-state index contributed by atoms with van der Waals surface area (Å²) < 4.78 is 18.2. The molecule has 1 amide bonds. The summed E-state index contributed by atoms with van der Waals surface area (Å²) in [5, 5.41) is 2.93. The van der Waals surface area contributed by atoms with Crippen molar-refractivity contribution >= 4 is 5.91 Å². The normalized spacial score (nSPS) is 11.8. The molecule has 0 fully saturated rings. The Balaban J connectivity index is 1.72. The van der Waals surface area contributed by atoms with Gasteiger partial charge in [0.1, 0.15) is 11.6 Å². The molecule has 24 heavy (non-hydrogen) atoms. The van der Waals surface area contributed by atoms with Gasteiger partial charge in [0.2, 0.25) is 5.91 Å². The molecule has 0 aliphatic heterocycles. The number of nitrogens with one attached hydrogen (secondary N) is 1. The summed E-state index contributed by atoms with van der Waals surface area (Å²) >= 11 is 0. The molecule has 0 saturated carbocycles. The molecule has 0 spiro atoms. The summed E-state index contributed by atoms with van der Waals surface area (Å²) in [5.41, 5.74) is 2.07. The average Bonchev–Trinajstić information content (AvgIpc) is 2.60. The van der Waals surface area contributed by atoms with Crippen LogP contribution in [0.25, 0.3) is 0 Å². The second-order valence-electron chi connectivity index (χ2n) is 5.93. The van der Waals surface area contributed by atoms with Crippen LogP contribution in [0.15, 0.2) is 48.5 Å². The molecule has 0 aromatic heterocycles. The third-order valence-corrected chi connectivity index (χ3v) is 4.15. The SMILES string of the molecule is COc1ccccc1CNC(=O)CCCC(C)c1ccc(F)cc1. The topological polar surface area (TPSA) is 38.3 Å². The smallest absolute Gasteiger partial charge is 0.220 e. The van der Waals surface area contributed by atoms with Gasteiger partial charge in [-0.2, -0.15) is 0 Å². The van der Waals surface area contributed by atoms with E-state index in [1.807, 2.05) is 36.4 Å². The maximum Gasteiger partial charge on any atom is 0.220 e. The predicted molar refractivity (Wildman–Crippen MR) is 93.5 cm³/mol. The van der Waals surface area contributed by atoms with E-state index in [0.717, 1.165) is 29.7 Å². The number of amides is 1. The molecule has 1 unspecified atom stereocenters. The van der Waals surface area contributed by atoms with Crippen LogP contribution in [0, 0.1) is 5.82 Å². The van der Waals surface area contributed by atoms with Gasteiger partial charge in [0.25, 0.3) is 0 Å². The largest absolute Gasteiger partial charge is 0.496 e. The summed E-state index contributed by atoms with van der Waals surface area (Å²) in [4.78, 5) is 12.0. The first-order chi connectivity index (χ1) is 11.6. The lowest BCUT2D eigenvalue weighted by molar-refractivity contribution is -0.121. The molecule has 1 N–H and O–H groups in total. The number of halogens is 1. The zero-order chi connectivity index (χ0) is 17.4. The Hall–Kier alpha value is -2.36. The molecular weight excluding hydrogens is 305 g/mol. The van der Waals surface area contributed by atoms with E-state index < -0.39 is 0 Å². The van der Waals surface area contributed by atoms with E-state index in [1.54, 1.807) is 7.11 Å². The molecule has 2 aromatic carbocycles. The third-order valence-electron chi connectivity index (χ3n) is 4.15. The Kier molecular flexibility index (Phi) is 6.79. The van der Waals surface area contributed by atoms with E-state index in [2.05, 4.69) is 12.2 Å². The first-order valence-electron chi connectivity index (χ1n) is 8.24. The van der Waals surface area contributed by atoms with E-state index in [0.29, 0.717) is 18.9 Å². The molecule has 0 aliphatic carbocycles.